The molecule has 0 fully saturated rings. The van der Waals surface area contributed by atoms with Crippen LogP contribution in [-0.2, 0) is 11.2 Å². The zero-order chi connectivity index (χ0) is 14.3. The van der Waals surface area contributed by atoms with Gasteiger partial charge < -0.3 is 15.2 Å². The monoisotopic (exact) mass is 265 g/mol. The van der Waals surface area contributed by atoms with Gasteiger partial charge in [-0.2, -0.15) is 0 Å². The number of hydrogen-bond acceptors (Lipinski definition) is 3. The van der Waals surface area contributed by atoms with E-state index in [4.69, 9.17) is 4.74 Å². The van der Waals surface area contributed by atoms with Crippen LogP contribution in [0.1, 0.15) is 32.8 Å². The molecule has 0 aliphatic heterocycles. The third kappa shape index (κ3) is 6.82. The fraction of sp³-hybridized carbons (Fsp3) is 0.533. The minimum Gasteiger partial charge on any atom is -0.444 e. The number of alkyl carbamates (subject to hydrolysis) is 1. The molecule has 2 N–H and O–H groups in total. The predicted molar refractivity (Wildman–Crippen MR) is 75.0 cm³/mol. The fourth-order valence-electron chi connectivity index (χ4n) is 1.67. The molecule has 1 aromatic carbocycles. The Balaban J connectivity index is 2.39. The Hall–Kier alpha value is -1.55. The Labute approximate surface area is 114 Å². The van der Waals surface area contributed by atoms with E-state index in [1.165, 1.54) is 5.56 Å². The van der Waals surface area contributed by atoms with Crippen molar-refractivity contribution in [3.63, 3.8) is 0 Å². The van der Waals surface area contributed by atoms with Gasteiger partial charge in [0.05, 0.1) is 12.6 Å². The number of nitrogens with one attached hydrogen (secondary N) is 1. The number of carbonyl (C=O) groups is 1. The molecule has 0 aliphatic carbocycles. The molecule has 1 rings (SSSR count). The number of hydrogen-bond donors (Lipinski definition) is 2. The first-order valence-electron chi connectivity index (χ1n) is 6.55. The third-order valence-electron chi connectivity index (χ3n) is 2.57. The molecule has 1 amide bonds. The van der Waals surface area contributed by atoms with Crippen LogP contribution in [0, 0.1) is 0 Å². The summed E-state index contributed by atoms with van der Waals surface area (Å²) in [7, 11) is 0. The molecule has 4 heteroatoms. The zero-order valence-electron chi connectivity index (χ0n) is 11.8. The van der Waals surface area contributed by atoms with Gasteiger partial charge in [0.2, 0.25) is 0 Å². The van der Waals surface area contributed by atoms with E-state index in [1.54, 1.807) is 0 Å². The lowest BCUT2D eigenvalue weighted by Gasteiger charge is -2.22. The van der Waals surface area contributed by atoms with Gasteiger partial charge in [0, 0.05) is 0 Å². The summed E-state index contributed by atoms with van der Waals surface area (Å²) in [6.45, 7) is 5.34. The lowest BCUT2D eigenvalue weighted by Crippen LogP contribution is -2.41. The first-order chi connectivity index (χ1) is 8.90. The summed E-state index contributed by atoms with van der Waals surface area (Å²) >= 11 is 0. The summed E-state index contributed by atoms with van der Waals surface area (Å²) in [5, 5.41) is 12.0. The van der Waals surface area contributed by atoms with Gasteiger partial charge in [0.15, 0.2) is 0 Å². The molecule has 0 bridgehead atoms. The molecule has 106 valence electrons. The highest BCUT2D eigenvalue weighted by molar-refractivity contribution is 5.68. The quantitative estimate of drug-likeness (QED) is 0.860. The lowest BCUT2D eigenvalue weighted by molar-refractivity contribution is 0.0479. The summed E-state index contributed by atoms with van der Waals surface area (Å²) in [5.74, 6) is 0. The molecule has 19 heavy (non-hydrogen) atoms. The standard InChI is InChI=1S/C15H23NO3/c1-15(2,3)19-14(18)16-13(11-17)10-9-12-7-5-4-6-8-12/h4-8,13,17H,9-11H2,1-3H3,(H,16,18)/t13-/m0/s1. The number of aliphatic hydroxyl groups excluding tert-OH is 1. The van der Waals surface area contributed by atoms with E-state index in [0.717, 1.165) is 6.42 Å². The minimum absolute atomic E-state index is 0.0912. The van der Waals surface area contributed by atoms with Gasteiger partial charge in [-0.3, -0.25) is 0 Å². The fourth-order valence-corrected chi connectivity index (χ4v) is 1.67. The van der Waals surface area contributed by atoms with Crippen molar-refractivity contribution in [3.05, 3.63) is 35.9 Å². The van der Waals surface area contributed by atoms with E-state index in [9.17, 15) is 9.90 Å². The average molecular weight is 265 g/mol. The van der Waals surface area contributed by atoms with Crippen molar-refractivity contribution in [1.29, 1.82) is 0 Å². The molecule has 0 saturated carbocycles. The number of carbonyl (C=O) groups excluding carboxylic acids is 1. The largest absolute Gasteiger partial charge is 0.444 e. The molecular formula is C15H23NO3. The SMILES string of the molecule is CC(C)(C)OC(=O)N[C@H](CO)CCc1ccccc1. The van der Waals surface area contributed by atoms with Crippen LogP contribution in [0.25, 0.3) is 0 Å². The van der Waals surface area contributed by atoms with Crippen LogP contribution in [0.15, 0.2) is 30.3 Å². The number of amides is 1. The molecule has 0 saturated heterocycles. The van der Waals surface area contributed by atoms with Crippen molar-refractivity contribution >= 4 is 6.09 Å². The first kappa shape index (κ1) is 15.5. The Morgan fingerprint density at radius 1 is 1.32 bits per heavy atom. The van der Waals surface area contributed by atoms with Gasteiger partial charge in [-0.1, -0.05) is 30.3 Å². The first-order valence-corrected chi connectivity index (χ1v) is 6.55. The van der Waals surface area contributed by atoms with Gasteiger partial charge in [-0.05, 0) is 39.2 Å². The molecule has 4 nitrogen and oxygen atoms in total. The number of ether oxygens (including phenoxy) is 1. The smallest absolute Gasteiger partial charge is 0.407 e. The zero-order valence-corrected chi connectivity index (χ0v) is 11.8. The van der Waals surface area contributed by atoms with Gasteiger partial charge in [-0.15, -0.1) is 0 Å². The van der Waals surface area contributed by atoms with Gasteiger partial charge in [0.25, 0.3) is 0 Å². The van der Waals surface area contributed by atoms with Crippen LogP contribution >= 0.6 is 0 Å². The maximum atomic E-state index is 11.6. The van der Waals surface area contributed by atoms with Crippen LogP contribution in [-0.4, -0.2) is 29.4 Å². The van der Waals surface area contributed by atoms with Gasteiger partial charge in [0.1, 0.15) is 5.60 Å². The van der Waals surface area contributed by atoms with Gasteiger partial charge >= 0.3 is 6.09 Å². The van der Waals surface area contributed by atoms with Crippen molar-refractivity contribution in [1.82, 2.24) is 5.32 Å². The number of rotatable bonds is 5. The topological polar surface area (TPSA) is 58.6 Å². The van der Waals surface area contributed by atoms with E-state index < -0.39 is 11.7 Å². The van der Waals surface area contributed by atoms with Crippen LogP contribution in [0.3, 0.4) is 0 Å². The summed E-state index contributed by atoms with van der Waals surface area (Å²) in [6.07, 6.45) is 1.00. The van der Waals surface area contributed by atoms with E-state index in [2.05, 4.69) is 5.32 Å². The molecular weight excluding hydrogens is 242 g/mol. The second-order valence-electron chi connectivity index (χ2n) is 5.55. The normalized spacial score (nSPS) is 12.8. The third-order valence-corrected chi connectivity index (χ3v) is 2.57. The van der Waals surface area contributed by atoms with Crippen LogP contribution in [0.5, 0.6) is 0 Å². The molecule has 0 unspecified atom stereocenters. The van der Waals surface area contributed by atoms with E-state index in [1.807, 2.05) is 51.1 Å². The minimum atomic E-state index is -0.524. The Bertz CT molecular complexity index is 384. The Morgan fingerprint density at radius 2 is 1.95 bits per heavy atom. The highest BCUT2D eigenvalue weighted by Gasteiger charge is 2.18. The van der Waals surface area contributed by atoms with E-state index in [0.29, 0.717) is 6.42 Å². The maximum absolute atomic E-state index is 11.6. The van der Waals surface area contributed by atoms with Crippen LogP contribution in [0.2, 0.25) is 0 Å². The summed E-state index contributed by atoms with van der Waals surface area (Å²) in [4.78, 5) is 11.6. The van der Waals surface area contributed by atoms with Crippen LogP contribution < -0.4 is 5.32 Å². The number of aliphatic hydroxyl groups is 1. The second kappa shape index (κ2) is 7.14. The predicted octanol–water partition coefficient (Wildman–Crippen LogP) is 2.50. The molecule has 1 aromatic rings. The molecule has 1 atom stereocenters. The molecule has 0 heterocycles. The maximum Gasteiger partial charge on any atom is 0.407 e. The highest BCUT2D eigenvalue weighted by Crippen LogP contribution is 2.08. The second-order valence-corrected chi connectivity index (χ2v) is 5.55. The number of benzene rings is 1. The Kier molecular flexibility index (Phi) is 5.83. The Morgan fingerprint density at radius 3 is 2.47 bits per heavy atom. The molecule has 0 radical (unpaired) electrons. The summed E-state index contributed by atoms with van der Waals surface area (Å²) < 4.78 is 5.16. The number of aryl methyl sites for hydroxylation is 1. The highest BCUT2D eigenvalue weighted by atomic mass is 16.6. The molecule has 0 aliphatic rings. The van der Waals surface area contributed by atoms with Crippen molar-refractivity contribution < 1.29 is 14.6 Å². The summed E-state index contributed by atoms with van der Waals surface area (Å²) in [5.41, 5.74) is 0.663. The van der Waals surface area contributed by atoms with Crippen molar-refractivity contribution in [2.75, 3.05) is 6.61 Å². The van der Waals surface area contributed by atoms with Crippen molar-refractivity contribution in [3.8, 4) is 0 Å². The van der Waals surface area contributed by atoms with Crippen molar-refractivity contribution in [2.45, 2.75) is 45.3 Å². The van der Waals surface area contributed by atoms with Crippen molar-refractivity contribution in [2.24, 2.45) is 0 Å². The average Bonchev–Trinajstić information content (AvgIpc) is 2.33. The van der Waals surface area contributed by atoms with Crippen LogP contribution in [0.4, 0.5) is 4.79 Å². The molecule has 0 spiro atoms. The van der Waals surface area contributed by atoms with Gasteiger partial charge in [-0.25, -0.2) is 4.79 Å². The molecule has 0 aromatic heterocycles. The van der Waals surface area contributed by atoms with E-state index in [-0.39, 0.29) is 12.6 Å². The summed E-state index contributed by atoms with van der Waals surface area (Å²) in [6, 6.07) is 9.69. The lowest BCUT2D eigenvalue weighted by atomic mass is 10.1. The van der Waals surface area contributed by atoms with E-state index >= 15 is 0 Å².